The van der Waals surface area contributed by atoms with Gasteiger partial charge in [-0.3, -0.25) is 9.59 Å². The van der Waals surface area contributed by atoms with E-state index in [0.29, 0.717) is 6.42 Å². The van der Waals surface area contributed by atoms with Gasteiger partial charge in [-0.15, -0.1) is 0 Å². The summed E-state index contributed by atoms with van der Waals surface area (Å²) in [6, 6.07) is 0.269. The van der Waals surface area contributed by atoms with E-state index in [1.165, 1.54) is 32.1 Å². The van der Waals surface area contributed by atoms with Gasteiger partial charge in [-0.05, 0) is 75.5 Å². The minimum atomic E-state index is -0.681. The normalized spacial score (nSPS) is 40.9. The van der Waals surface area contributed by atoms with Gasteiger partial charge in [0.1, 0.15) is 0 Å². The maximum atomic E-state index is 12.6. The summed E-state index contributed by atoms with van der Waals surface area (Å²) in [5, 5.41) is 3.03. The molecule has 0 aliphatic heterocycles. The van der Waals surface area contributed by atoms with Gasteiger partial charge < -0.3 is 10.1 Å². The Bertz CT molecular complexity index is 543. The van der Waals surface area contributed by atoms with Gasteiger partial charge in [0.25, 0.3) is 5.91 Å². The summed E-state index contributed by atoms with van der Waals surface area (Å²) in [7, 11) is 0. The van der Waals surface area contributed by atoms with Crippen molar-refractivity contribution >= 4 is 27.8 Å². The number of amides is 1. The first kappa shape index (κ1) is 17.8. The number of hydrogen-bond acceptors (Lipinski definition) is 3. The topological polar surface area (TPSA) is 55.4 Å². The number of ether oxygens (including phenoxy) is 1. The molecule has 5 aliphatic rings. The van der Waals surface area contributed by atoms with Crippen molar-refractivity contribution in [3.63, 3.8) is 0 Å². The Kier molecular flexibility index (Phi) is 4.66. The van der Waals surface area contributed by atoms with Gasteiger partial charge in [0.15, 0.2) is 6.10 Å². The van der Waals surface area contributed by atoms with Gasteiger partial charge in [0.2, 0.25) is 0 Å². The molecule has 5 aliphatic carbocycles. The molecule has 25 heavy (non-hydrogen) atoms. The molecule has 0 aromatic heterocycles. The van der Waals surface area contributed by atoms with E-state index in [0.717, 1.165) is 43.9 Å². The number of carbonyl (C=O) groups is 2. The Balaban J connectivity index is 1.32. The van der Waals surface area contributed by atoms with Gasteiger partial charge in [-0.25, -0.2) is 0 Å². The lowest BCUT2D eigenvalue weighted by Gasteiger charge is -2.60. The van der Waals surface area contributed by atoms with Crippen molar-refractivity contribution in [2.45, 2.75) is 94.0 Å². The van der Waals surface area contributed by atoms with Crippen LogP contribution >= 0.6 is 15.9 Å². The van der Waals surface area contributed by atoms with Crippen LogP contribution in [0.25, 0.3) is 0 Å². The fourth-order valence-electron chi connectivity index (χ4n) is 6.53. The molecule has 0 unspecified atom stereocenters. The number of alkyl halides is 1. The summed E-state index contributed by atoms with van der Waals surface area (Å²) in [6.45, 7) is 1.70. The zero-order chi connectivity index (χ0) is 17.7. The monoisotopic (exact) mass is 411 g/mol. The van der Waals surface area contributed by atoms with Crippen LogP contribution in [0.4, 0.5) is 0 Å². The highest BCUT2D eigenvalue weighted by molar-refractivity contribution is 9.10. The fraction of sp³-hybridized carbons (Fsp3) is 0.900. The summed E-state index contributed by atoms with van der Waals surface area (Å²) in [5.41, 5.74) is 0.103. The molecule has 4 nitrogen and oxygen atoms in total. The summed E-state index contributed by atoms with van der Waals surface area (Å²) < 4.78 is 5.78. The third-order valence-electron chi connectivity index (χ3n) is 7.01. The highest BCUT2D eigenvalue weighted by Gasteiger charge is 2.57. The second-order valence-corrected chi connectivity index (χ2v) is 11.1. The van der Waals surface area contributed by atoms with E-state index in [1.54, 1.807) is 6.92 Å². The van der Waals surface area contributed by atoms with Crippen LogP contribution in [0, 0.1) is 17.3 Å². The predicted octanol–water partition coefficient (Wildman–Crippen LogP) is 4.10. The van der Waals surface area contributed by atoms with E-state index in [4.69, 9.17) is 4.74 Å². The molecule has 1 N–H and O–H groups in total. The Morgan fingerprint density at radius 3 is 2.40 bits per heavy atom. The molecule has 0 aromatic rings. The Morgan fingerprint density at radius 2 is 1.80 bits per heavy atom. The quantitative estimate of drug-likeness (QED) is 0.547. The third-order valence-corrected chi connectivity index (χ3v) is 7.94. The lowest BCUT2D eigenvalue weighted by atomic mass is 9.49. The average molecular weight is 412 g/mol. The van der Waals surface area contributed by atoms with Gasteiger partial charge in [-0.1, -0.05) is 28.8 Å². The molecular weight excluding hydrogens is 382 g/mol. The maximum Gasteiger partial charge on any atom is 0.307 e. The Morgan fingerprint density at radius 1 is 1.16 bits per heavy atom. The minimum absolute atomic E-state index is 0.103. The van der Waals surface area contributed by atoms with Crippen LogP contribution < -0.4 is 5.32 Å². The summed E-state index contributed by atoms with van der Waals surface area (Å²) in [4.78, 5) is 24.8. The zero-order valence-electron chi connectivity index (χ0n) is 15.2. The molecule has 140 valence electrons. The lowest BCUT2D eigenvalue weighted by Crippen LogP contribution is -2.53. The van der Waals surface area contributed by atoms with E-state index >= 15 is 0 Å². The summed E-state index contributed by atoms with van der Waals surface area (Å²) >= 11 is 3.99. The van der Waals surface area contributed by atoms with Crippen molar-refractivity contribution in [1.29, 1.82) is 0 Å². The van der Waals surface area contributed by atoms with Crippen LogP contribution in [-0.2, 0) is 14.3 Å². The summed E-state index contributed by atoms with van der Waals surface area (Å²) in [6.07, 6.45) is 11.5. The molecule has 0 saturated heterocycles. The summed E-state index contributed by atoms with van der Waals surface area (Å²) in [5.74, 6) is 1.20. The third kappa shape index (κ3) is 3.77. The van der Waals surface area contributed by atoms with Crippen LogP contribution in [0.15, 0.2) is 0 Å². The molecule has 5 saturated carbocycles. The molecule has 4 bridgehead atoms. The number of rotatable bonds is 5. The van der Waals surface area contributed by atoms with Crippen molar-refractivity contribution in [2.75, 3.05) is 0 Å². The molecule has 5 rings (SSSR count). The van der Waals surface area contributed by atoms with Gasteiger partial charge in [0.05, 0.1) is 6.42 Å². The molecule has 5 fully saturated rings. The highest BCUT2D eigenvalue weighted by Crippen LogP contribution is 2.65. The van der Waals surface area contributed by atoms with Crippen molar-refractivity contribution < 1.29 is 14.3 Å². The minimum Gasteiger partial charge on any atom is -0.453 e. The first-order chi connectivity index (χ1) is 11.8. The van der Waals surface area contributed by atoms with E-state index in [2.05, 4.69) is 21.2 Å². The molecule has 3 atom stereocenters. The number of halogens is 1. The first-order valence-corrected chi connectivity index (χ1v) is 10.8. The van der Waals surface area contributed by atoms with Crippen LogP contribution in [0.3, 0.4) is 0 Å². The Labute approximate surface area is 159 Å². The standard InChI is InChI=1S/C20H30BrNO3/c1-13(18(24)22-16-4-2-3-5-16)25-17(23)11-19-7-14-6-15(8-19)10-20(21,9-14)12-19/h13-16H,2-12H2,1H3,(H,22,24)/t13-,14+,15+,19?,20?/m1/s1. The van der Waals surface area contributed by atoms with Gasteiger partial charge >= 0.3 is 5.97 Å². The highest BCUT2D eigenvalue weighted by atomic mass is 79.9. The Hall–Kier alpha value is -0.580. The van der Waals surface area contributed by atoms with E-state index in [1.807, 2.05) is 0 Å². The molecule has 0 spiro atoms. The lowest BCUT2D eigenvalue weighted by molar-refractivity contribution is -0.160. The number of esters is 1. The van der Waals surface area contributed by atoms with E-state index in [9.17, 15) is 9.59 Å². The fourth-order valence-corrected chi connectivity index (χ4v) is 8.04. The second kappa shape index (κ2) is 6.54. The zero-order valence-corrected chi connectivity index (χ0v) is 16.8. The molecule has 0 radical (unpaired) electrons. The smallest absolute Gasteiger partial charge is 0.307 e. The second-order valence-electron chi connectivity index (χ2n) is 9.41. The van der Waals surface area contributed by atoms with Crippen molar-refractivity contribution in [3.8, 4) is 0 Å². The molecule has 1 amide bonds. The molecule has 5 heteroatoms. The number of hydrogen-bond donors (Lipinski definition) is 1. The van der Waals surface area contributed by atoms with Crippen LogP contribution in [0.1, 0.15) is 77.6 Å². The number of nitrogens with one attached hydrogen (secondary N) is 1. The van der Waals surface area contributed by atoms with Crippen molar-refractivity contribution in [1.82, 2.24) is 5.32 Å². The molecule has 0 heterocycles. The van der Waals surface area contributed by atoms with Gasteiger partial charge in [-0.2, -0.15) is 0 Å². The van der Waals surface area contributed by atoms with Crippen molar-refractivity contribution in [2.24, 2.45) is 17.3 Å². The average Bonchev–Trinajstić information content (AvgIpc) is 2.96. The van der Waals surface area contributed by atoms with Crippen LogP contribution in [0.5, 0.6) is 0 Å². The SMILES string of the molecule is C[C@@H](OC(=O)CC12C[C@@H]3C[C@H](CC(Br)(C3)C1)C2)C(=O)NC1CCCC1. The van der Waals surface area contributed by atoms with Crippen LogP contribution in [-0.4, -0.2) is 28.3 Å². The molecular formula is C20H30BrNO3. The van der Waals surface area contributed by atoms with E-state index < -0.39 is 6.10 Å². The molecule has 0 aromatic carbocycles. The van der Waals surface area contributed by atoms with E-state index in [-0.39, 0.29) is 27.7 Å². The number of carbonyl (C=O) groups excluding carboxylic acids is 2. The van der Waals surface area contributed by atoms with Gasteiger partial charge in [0, 0.05) is 10.4 Å². The maximum absolute atomic E-state index is 12.6. The first-order valence-electron chi connectivity index (χ1n) is 10.0. The largest absolute Gasteiger partial charge is 0.453 e. The van der Waals surface area contributed by atoms with Crippen LogP contribution in [0.2, 0.25) is 0 Å². The van der Waals surface area contributed by atoms with Crippen molar-refractivity contribution in [3.05, 3.63) is 0 Å². The predicted molar refractivity (Wildman–Crippen MR) is 99.3 cm³/mol.